The van der Waals surface area contributed by atoms with E-state index in [0.29, 0.717) is 0 Å². The highest BCUT2D eigenvalue weighted by molar-refractivity contribution is 6.32. The average molecular weight is 363 g/mol. The van der Waals surface area contributed by atoms with Crippen LogP contribution in [0.25, 0.3) is 11.3 Å². The number of anilines is 1. The lowest BCUT2D eigenvalue weighted by Crippen LogP contribution is -2.12. The number of nitrogen functional groups attached to an aromatic ring is 1. The van der Waals surface area contributed by atoms with Gasteiger partial charge in [0, 0.05) is 5.56 Å². The number of carboxylic acids is 1. The standard InChI is InChI=1S/C14H10ClF3N2O4/c1-23-11-6(15)3-2-5(9(11)16)8-4-7(19)12(24-14(17)18)10(20-8)13(21)22/h2-4,14H,1H3,(H2,19,20)(H,21,22). The first kappa shape index (κ1) is 17.7. The number of carbonyl (C=O) groups is 1. The van der Waals surface area contributed by atoms with Crippen molar-refractivity contribution in [2.75, 3.05) is 12.8 Å². The molecule has 0 aliphatic rings. The van der Waals surface area contributed by atoms with Crippen LogP contribution in [-0.2, 0) is 0 Å². The molecule has 1 aromatic carbocycles. The number of nitrogens with two attached hydrogens (primary N) is 1. The van der Waals surface area contributed by atoms with Crippen molar-refractivity contribution in [3.05, 3.63) is 34.7 Å². The van der Waals surface area contributed by atoms with Crippen LogP contribution in [0.5, 0.6) is 11.5 Å². The van der Waals surface area contributed by atoms with Crippen LogP contribution in [0.1, 0.15) is 10.5 Å². The van der Waals surface area contributed by atoms with Crippen LogP contribution in [-0.4, -0.2) is 29.8 Å². The van der Waals surface area contributed by atoms with E-state index >= 15 is 0 Å². The van der Waals surface area contributed by atoms with Gasteiger partial charge in [-0.1, -0.05) is 11.6 Å². The van der Waals surface area contributed by atoms with E-state index in [-0.39, 0.29) is 22.0 Å². The van der Waals surface area contributed by atoms with Crippen LogP contribution >= 0.6 is 11.6 Å². The van der Waals surface area contributed by atoms with Crippen LogP contribution in [0.3, 0.4) is 0 Å². The van der Waals surface area contributed by atoms with Crippen molar-refractivity contribution in [3.63, 3.8) is 0 Å². The Morgan fingerprint density at radius 2 is 2.04 bits per heavy atom. The van der Waals surface area contributed by atoms with Gasteiger partial charge in [-0.2, -0.15) is 8.78 Å². The summed E-state index contributed by atoms with van der Waals surface area (Å²) in [7, 11) is 1.19. The third-order valence-electron chi connectivity index (χ3n) is 2.94. The Balaban J connectivity index is 2.67. The molecule has 1 heterocycles. The summed E-state index contributed by atoms with van der Waals surface area (Å²) < 4.78 is 48.1. The molecule has 10 heteroatoms. The molecule has 0 bridgehead atoms. The number of ether oxygens (including phenoxy) is 2. The van der Waals surface area contributed by atoms with Crippen molar-refractivity contribution in [1.82, 2.24) is 4.98 Å². The van der Waals surface area contributed by atoms with E-state index in [2.05, 4.69) is 9.72 Å². The monoisotopic (exact) mass is 362 g/mol. The fraction of sp³-hybridized carbons (Fsp3) is 0.143. The van der Waals surface area contributed by atoms with Crippen molar-refractivity contribution in [3.8, 4) is 22.8 Å². The molecule has 2 rings (SSSR count). The highest BCUT2D eigenvalue weighted by Crippen LogP contribution is 2.37. The Hall–Kier alpha value is -2.68. The molecule has 128 valence electrons. The van der Waals surface area contributed by atoms with E-state index < -0.39 is 35.5 Å². The molecule has 0 spiro atoms. The molecule has 2 aromatic rings. The van der Waals surface area contributed by atoms with E-state index in [0.717, 1.165) is 6.07 Å². The third kappa shape index (κ3) is 3.30. The van der Waals surface area contributed by atoms with E-state index in [1.54, 1.807) is 0 Å². The first-order valence-electron chi connectivity index (χ1n) is 6.27. The number of hydrogen-bond donors (Lipinski definition) is 2. The number of aromatic nitrogens is 1. The van der Waals surface area contributed by atoms with Crippen molar-refractivity contribution < 1.29 is 32.5 Å². The van der Waals surface area contributed by atoms with Gasteiger partial charge in [0.2, 0.25) is 0 Å². The van der Waals surface area contributed by atoms with E-state index in [4.69, 9.17) is 27.2 Å². The van der Waals surface area contributed by atoms with Gasteiger partial charge in [-0.15, -0.1) is 0 Å². The van der Waals surface area contributed by atoms with Crippen LogP contribution in [0.2, 0.25) is 5.02 Å². The Kier molecular flexibility index (Phi) is 5.03. The topological polar surface area (TPSA) is 94.7 Å². The minimum absolute atomic E-state index is 0.0113. The van der Waals surface area contributed by atoms with Gasteiger partial charge in [0.05, 0.1) is 23.5 Å². The molecule has 3 N–H and O–H groups in total. The van der Waals surface area contributed by atoms with Gasteiger partial charge in [0.1, 0.15) is 0 Å². The maximum atomic E-state index is 14.4. The molecular weight excluding hydrogens is 353 g/mol. The maximum absolute atomic E-state index is 14.4. The number of alkyl halides is 2. The molecule has 0 atom stereocenters. The number of nitrogens with zero attached hydrogens (tertiary/aromatic N) is 1. The molecule has 24 heavy (non-hydrogen) atoms. The van der Waals surface area contributed by atoms with Crippen molar-refractivity contribution in [2.45, 2.75) is 6.61 Å². The zero-order chi connectivity index (χ0) is 18.0. The highest BCUT2D eigenvalue weighted by atomic mass is 35.5. The van der Waals surface area contributed by atoms with Gasteiger partial charge in [0.25, 0.3) is 0 Å². The van der Waals surface area contributed by atoms with Gasteiger partial charge < -0.3 is 20.3 Å². The second kappa shape index (κ2) is 6.83. The number of methoxy groups -OCH3 is 1. The molecule has 0 amide bonds. The highest BCUT2D eigenvalue weighted by Gasteiger charge is 2.24. The lowest BCUT2D eigenvalue weighted by molar-refractivity contribution is -0.0500. The summed E-state index contributed by atoms with van der Waals surface area (Å²) in [4.78, 5) is 14.9. The van der Waals surface area contributed by atoms with E-state index in [1.165, 1.54) is 19.2 Å². The molecule has 0 saturated heterocycles. The van der Waals surface area contributed by atoms with Crippen LogP contribution in [0.15, 0.2) is 18.2 Å². The molecule has 0 saturated carbocycles. The summed E-state index contributed by atoms with van der Waals surface area (Å²) in [6.07, 6.45) is 0. The Morgan fingerprint density at radius 1 is 1.38 bits per heavy atom. The van der Waals surface area contributed by atoms with Gasteiger partial charge in [-0.3, -0.25) is 0 Å². The largest absolute Gasteiger partial charge is 0.492 e. The number of rotatable bonds is 5. The van der Waals surface area contributed by atoms with Crippen molar-refractivity contribution in [2.24, 2.45) is 0 Å². The van der Waals surface area contributed by atoms with Crippen LogP contribution < -0.4 is 15.2 Å². The molecule has 0 aliphatic carbocycles. The quantitative estimate of drug-likeness (QED) is 0.846. The first-order chi connectivity index (χ1) is 11.3. The first-order valence-corrected chi connectivity index (χ1v) is 6.65. The van der Waals surface area contributed by atoms with E-state index in [1.807, 2.05) is 0 Å². The summed E-state index contributed by atoms with van der Waals surface area (Å²) in [5.74, 6) is -3.65. The number of carboxylic acid groups (broad SMARTS) is 1. The number of hydrogen-bond acceptors (Lipinski definition) is 5. The fourth-order valence-corrected chi connectivity index (χ4v) is 2.19. The smallest absolute Gasteiger partial charge is 0.387 e. The summed E-state index contributed by atoms with van der Waals surface area (Å²) in [5.41, 5.74) is 3.86. The van der Waals surface area contributed by atoms with Crippen molar-refractivity contribution >= 4 is 23.3 Å². The molecule has 6 nitrogen and oxygen atoms in total. The van der Waals surface area contributed by atoms with Gasteiger partial charge in [-0.05, 0) is 18.2 Å². The number of benzene rings is 1. The predicted octanol–water partition coefficient (Wildman–Crippen LogP) is 3.43. The van der Waals surface area contributed by atoms with E-state index in [9.17, 15) is 18.0 Å². The average Bonchev–Trinajstić information content (AvgIpc) is 2.49. The third-order valence-corrected chi connectivity index (χ3v) is 3.24. The lowest BCUT2D eigenvalue weighted by Gasteiger charge is -2.13. The molecule has 1 aromatic heterocycles. The second-order valence-electron chi connectivity index (χ2n) is 4.40. The number of pyridine rings is 1. The summed E-state index contributed by atoms with van der Waals surface area (Å²) >= 11 is 5.78. The normalized spacial score (nSPS) is 10.8. The Morgan fingerprint density at radius 3 is 2.58 bits per heavy atom. The van der Waals surface area contributed by atoms with Gasteiger partial charge in [0.15, 0.2) is 23.0 Å². The molecule has 0 unspecified atom stereocenters. The SMILES string of the molecule is COc1c(Cl)ccc(-c2cc(N)c(OC(F)F)c(C(=O)O)n2)c1F. The predicted molar refractivity (Wildman–Crippen MR) is 79.2 cm³/mol. The Labute approximate surface area is 138 Å². The lowest BCUT2D eigenvalue weighted by atomic mass is 10.1. The Bertz CT molecular complexity index is 802. The zero-order valence-electron chi connectivity index (χ0n) is 12.0. The van der Waals surface area contributed by atoms with Crippen molar-refractivity contribution in [1.29, 1.82) is 0 Å². The minimum Gasteiger partial charge on any atom is -0.492 e. The summed E-state index contributed by atoms with van der Waals surface area (Å²) in [5, 5.41) is 9.09. The van der Waals surface area contributed by atoms with Gasteiger partial charge in [-0.25, -0.2) is 14.2 Å². The molecular formula is C14H10ClF3N2O4. The van der Waals surface area contributed by atoms with Gasteiger partial charge >= 0.3 is 12.6 Å². The summed E-state index contributed by atoms with van der Waals surface area (Å²) in [6, 6.07) is 3.54. The minimum atomic E-state index is -3.30. The second-order valence-corrected chi connectivity index (χ2v) is 4.81. The zero-order valence-corrected chi connectivity index (χ0v) is 12.8. The maximum Gasteiger partial charge on any atom is 0.387 e. The van der Waals surface area contributed by atoms with Crippen LogP contribution in [0, 0.1) is 5.82 Å². The molecule has 0 fully saturated rings. The number of aromatic carboxylic acids is 1. The summed E-state index contributed by atoms with van der Waals surface area (Å²) in [6.45, 7) is -3.30. The molecule has 0 radical (unpaired) electrons. The molecule has 0 aliphatic heterocycles. The fourth-order valence-electron chi connectivity index (χ4n) is 1.97. The number of halogens is 4. The van der Waals surface area contributed by atoms with Crippen LogP contribution in [0.4, 0.5) is 18.9 Å².